The van der Waals surface area contributed by atoms with E-state index in [4.69, 9.17) is 11.6 Å². The van der Waals surface area contributed by atoms with Gasteiger partial charge in [0.15, 0.2) is 0 Å². The first-order chi connectivity index (χ1) is 9.52. The summed E-state index contributed by atoms with van der Waals surface area (Å²) in [6.07, 6.45) is 0.477. The van der Waals surface area contributed by atoms with Crippen molar-refractivity contribution < 1.29 is 14.7 Å². The van der Waals surface area contributed by atoms with Crippen LogP contribution in [0.4, 0.5) is 0 Å². The third-order valence-corrected chi connectivity index (χ3v) is 5.45. The molecule has 1 unspecified atom stereocenters. The number of hydrogen-bond acceptors (Lipinski definition) is 4. The van der Waals surface area contributed by atoms with E-state index in [0.717, 1.165) is 10.6 Å². The van der Waals surface area contributed by atoms with E-state index in [1.54, 1.807) is 23.9 Å². The van der Waals surface area contributed by atoms with Crippen LogP contribution in [-0.2, 0) is 9.59 Å². The lowest BCUT2D eigenvalue weighted by Crippen LogP contribution is -2.55. The topological polar surface area (TPSA) is 66.4 Å². The van der Waals surface area contributed by atoms with E-state index in [0.29, 0.717) is 17.2 Å². The molecule has 1 aromatic carbocycles. The van der Waals surface area contributed by atoms with Crippen molar-refractivity contribution in [1.82, 2.24) is 5.32 Å². The second-order valence-electron chi connectivity index (χ2n) is 4.48. The number of hydrogen-bond donors (Lipinski definition) is 2. The number of rotatable bonds is 5. The molecular formula is C13H14ClNO3S2. The van der Waals surface area contributed by atoms with Gasteiger partial charge in [-0.25, -0.2) is 4.79 Å². The Morgan fingerprint density at radius 3 is 2.65 bits per heavy atom. The Morgan fingerprint density at radius 1 is 1.40 bits per heavy atom. The van der Waals surface area contributed by atoms with Gasteiger partial charge in [-0.05, 0) is 36.4 Å². The van der Waals surface area contributed by atoms with Crippen LogP contribution in [0.25, 0.3) is 0 Å². The fourth-order valence-electron chi connectivity index (χ4n) is 1.87. The average molecular weight is 332 g/mol. The third kappa shape index (κ3) is 3.84. The highest BCUT2D eigenvalue weighted by atomic mass is 35.5. The van der Waals surface area contributed by atoms with Crippen molar-refractivity contribution in [3.8, 4) is 0 Å². The van der Waals surface area contributed by atoms with Crippen LogP contribution in [-0.4, -0.2) is 39.8 Å². The normalized spacial score (nSPS) is 21.6. The zero-order valence-electron chi connectivity index (χ0n) is 10.6. The molecule has 0 spiro atoms. The highest BCUT2D eigenvalue weighted by Gasteiger charge is 2.43. The van der Waals surface area contributed by atoms with Crippen LogP contribution in [0.5, 0.6) is 0 Å². The molecule has 4 nitrogen and oxygen atoms in total. The highest BCUT2D eigenvalue weighted by molar-refractivity contribution is 8.00. The first kappa shape index (κ1) is 15.5. The van der Waals surface area contributed by atoms with Crippen molar-refractivity contribution >= 4 is 47.0 Å². The number of carboxylic acids is 1. The number of amides is 1. The first-order valence-corrected chi connectivity index (χ1v) is 8.54. The standard InChI is InChI=1S/C13H14ClNO3S2/c14-9-1-3-10(4-2-9)20-7-11(16)15-13(12(17)18)5-6-19-8-13/h1-4H,5-8H2,(H,15,16)(H,17,18). The van der Waals surface area contributed by atoms with E-state index >= 15 is 0 Å². The highest BCUT2D eigenvalue weighted by Crippen LogP contribution is 2.28. The molecule has 2 rings (SSSR count). The molecule has 1 amide bonds. The molecule has 0 aliphatic carbocycles. The molecule has 1 heterocycles. The molecule has 0 aromatic heterocycles. The number of carboxylic acid groups (broad SMARTS) is 1. The predicted molar refractivity (Wildman–Crippen MR) is 82.6 cm³/mol. The molecule has 0 bridgehead atoms. The Kier molecular flexibility index (Phi) is 5.23. The molecule has 1 aliphatic heterocycles. The second kappa shape index (κ2) is 6.74. The zero-order valence-corrected chi connectivity index (χ0v) is 13.0. The van der Waals surface area contributed by atoms with Gasteiger partial charge in [-0.3, -0.25) is 4.79 Å². The van der Waals surface area contributed by atoms with Crippen molar-refractivity contribution in [2.45, 2.75) is 16.9 Å². The van der Waals surface area contributed by atoms with E-state index < -0.39 is 11.5 Å². The molecule has 1 fully saturated rings. The van der Waals surface area contributed by atoms with E-state index in [2.05, 4.69) is 5.32 Å². The summed E-state index contributed by atoms with van der Waals surface area (Å²) in [7, 11) is 0. The third-order valence-electron chi connectivity index (χ3n) is 2.99. The largest absolute Gasteiger partial charge is 0.479 e. The Morgan fingerprint density at radius 2 is 2.10 bits per heavy atom. The van der Waals surface area contributed by atoms with Gasteiger partial charge in [-0.2, -0.15) is 11.8 Å². The number of halogens is 1. The minimum Gasteiger partial charge on any atom is -0.479 e. The molecular weight excluding hydrogens is 318 g/mol. The van der Waals surface area contributed by atoms with Crippen LogP contribution < -0.4 is 5.32 Å². The predicted octanol–water partition coefficient (Wildman–Crippen LogP) is 2.51. The maximum atomic E-state index is 11.9. The molecule has 2 N–H and O–H groups in total. The number of nitrogens with one attached hydrogen (secondary N) is 1. The summed E-state index contributed by atoms with van der Waals surface area (Å²) in [5.41, 5.74) is -1.09. The van der Waals surface area contributed by atoms with Gasteiger partial charge in [-0.15, -0.1) is 11.8 Å². The molecule has 108 valence electrons. The van der Waals surface area contributed by atoms with Crippen molar-refractivity contribution in [3.63, 3.8) is 0 Å². The van der Waals surface area contributed by atoms with Gasteiger partial charge in [0.05, 0.1) is 5.75 Å². The van der Waals surface area contributed by atoms with Crippen molar-refractivity contribution in [2.24, 2.45) is 0 Å². The molecule has 1 aromatic rings. The molecule has 7 heteroatoms. The molecule has 0 radical (unpaired) electrons. The fraction of sp³-hybridized carbons (Fsp3) is 0.385. The van der Waals surface area contributed by atoms with Crippen LogP contribution in [0, 0.1) is 0 Å². The first-order valence-electron chi connectivity index (χ1n) is 6.02. The Bertz CT molecular complexity index is 501. The fourth-order valence-corrected chi connectivity index (χ4v) is 4.02. The van der Waals surface area contributed by atoms with Crippen molar-refractivity contribution in [3.05, 3.63) is 29.3 Å². The van der Waals surface area contributed by atoms with Gasteiger partial charge in [0.1, 0.15) is 5.54 Å². The summed E-state index contributed by atoms with van der Waals surface area (Å²) in [6.45, 7) is 0. The second-order valence-corrected chi connectivity index (χ2v) is 7.07. The van der Waals surface area contributed by atoms with E-state index in [1.807, 2.05) is 12.1 Å². The van der Waals surface area contributed by atoms with Gasteiger partial charge < -0.3 is 10.4 Å². The van der Waals surface area contributed by atoms with Crippen LogP contribution in [0.3, 0.4) is 0 Å². The summed E-state index contributed by atoms with van der Waals surface area (Å²) in [5.74, 6) is 0.181. The minimum atomic E-state index is -1.09. The van der Waals surface area contributed by atoms with Crippen molar-refractivity contribution in [2.75, 3.05) is 17.3 Å². The van der Waals surface area contributed by atoms with Gasteiger partial charge >= 0.3 is 5.97 Å². The van der Waals surface area contributed by atoms with E-state index in [9.17, 15) is 14.7 Å². The average Bonchev–Trinajstić information content (AvgIpc) is 2.88. The molecule has 0 saturated carbocycles. The lowest BCUT2D eigenvalue weighted by molar-refractivity contribution is -0.146. The Hall–Kier alpha value is -0.850. The number of carbonyl (C=O) groups is 2. The van der Waals surface area contributed by atoms with Crippen molar-refractivity contribution in [1.29, 1.82) is 0 Å². The van der Waals surface area contributed by atoms with Gasteiger partial charge in [0.2, 0.25) is 5.91 Å². The Labute approximate surface area is 130 Å². The summed E-state index contributed by atoms with van der Waals surface area (Å²) in [5, 5.41) is 12.6. The molecule has 1 aliphatic rings. The SMILES string of the molecule is O=C(CSc1ccc(Cl)cc1)NC1(C(=O)O)CCSC1. The molecule has 1 atom stereocenters. The van der Waals surface area contributed by atoms with Gasteiger partial charge in [-0.1, -0.05) is 11.6 Å². The summed E-state index contributed by atoms with van der Waals surface area (Å²) >= 11 is 8.70. The number of thioether (sulfide) groups is 2. The summed E-state index contributed by atoms with van der Waals surface area (Å²) < 4.78 is 0. The van der Waals surface area contributed by atoms with Crippen LogP contribution in [0.1, 0.15) is 6.42 Å². The quantitative estimate of drug-likeness (QED) is 0.811. The monoisotopic (exact) mass is 331 g/mol. The zero-order chi connectivity index (χ0) is 14.6. The van der Waals surface area contributed by atoms with E-state index in [1.165, 1.54) is 11.8 Å². The maximum absolute atomic E-state index is 11.9. The number of carbonyl (C=O) groups excluding carboxylic acids is 1. The summed E-state index contributed by atoms with van der Waals surface area (Å²) in [6, 6.07) is 7.18. The van der Waals surface area contributed by atoms with Crippen LogP contribution in [0.2, 0.25) is 5.02 Å². The van der Waals surface area contributed by atoms with E-state index in [-0.39, 0.29) is 11.7 Å². The lowest BCUT2D eigenvalue weighted by Gasteiger charge is -2.24. The van der Waals surface area contributed by atoms with Crippen LogP contribution in [0.15, 0.2) is 29.2 Å². The Balaban J connectivity index is 1.89. The number of benzene rings is 1. The smallest absolute Gasteiger partial charge is 0.330 e. The number of aliphatic carboxylic acids is 1. The van der Waals surface area contributed by atoms with Gasteiger partial charge in [0.25, 0.3) is 0 Å². The maximum Gasteiger partial charge on any atom is 0.330 e. The molecule has 20 heavy (non-hydrogen) atoms. The molecule has 1 saturated heterocycles. The lowest BCUT2D eigenvalue weighted by atomic mass is 9.99. The van der Waals surface area contributed by atoms with Crippen LogP contribution >= 0.6 is 35.1 Å². The minimum absolute atomic E-state index is 0.196. The van der Waals surface area contributed by atoms with Gasteiger partial charge in [0, 0.05) is 15.7 Å². The summed E-state index contributed by atoms with van der Waals surface area (Å²) in [4.78, 5) is 24.2.